The summed E-state index contributed by atoms with van der Waals surface area (Å²) in [5.74, 6) is -2.90. The zero-order valence-corrected chi connectivity index (χ0v) is 17.7. The van der Waals surface area contributed by atoms with Gasteiger partial charge < -0.3 is 4.84 Å². The molecule has 0 aromatic heterocycles. The highest BCUT2D eigenvalue weighted by atomic mass is 35.5. The van der Waals surface area contributed by atoms with Crippen LogP contribution in [0, 0.1) is 5.82 Å². The summed E-state index contributed by atoms with van der Waals surface area (Å²) in [5, 5.41) is 0.768. The lowest BCUT2D eigenvalue weighted by atomic mass is 9.94. The monoisotopic (exact) mass is 476 g/mol. The molecule has 0 saturated carbocycles. The molecule has 9 heteroatoms. The highest BCUT2D eigenvalue weighted by molar-refractivity contribution is 6.30. The first-order chi connectivity index (χ1) is 15.7. The molecule has 0 bridgehead atoms. The van der Waals surface area contributed by atoms with Gasteiger partial charge in [0.05, 0.1) is 5.02 Å². The van der Waals surface area contributed by atoms with Crippen molar-refractivity contribution >= 4 is 23.4 Å². The van der Waals surface area contributed by atoms with Gasteiger partial charge in [-0.1, -0.05) is 78.3 Å². The first-order valence-electron chi connectivity index (χ1n) is 9.93. The van der Waals surface area contributed by atoms with Gasteiger partial charge in [0.2, 0.25) is 0 Å². The van der Waals surface area contributed by atoms with E-state index in [1.165, 1.54) is 12.1 Å². The zero-order chi connectivity index (χ0) is 23.6. The second-order valence-electron chi connectivity index (χ2n) is 7.38. The molecule has 2 atom stereocenters. The van der Waals surface area contributed by atoms with E-state index < -0.39 is 30.0 Å². The summed E-state index contributed by atoms with van der Waals surface area (Å²) >= 11 is 5.87. The maximum atomic E-state index is 13.6. The fourth-order valence-corrected chi connectivity index (χ4v) is 3.86. The second-order valence-corrected chi connectivity index (χ2v) is 7.79. The van der Waals surface area contributed by atoms with Crippen molar-refractivity contribution < 1.29 is 27.2 Å². The normalized spacial score (nSPS) is 18.2. The SMILES string of the molecule is O=C(ON1C(Cc2ccc(F)c(Cl)c2)=NC(c2ccccc2)C1c1ccccc1)C(F)(F)F. The number of rotatable bonds is 5. The molecule has 0 spiro atoms. The van der Waals surface area contributed by atoms with Gasteiger partial charge in [0.25, 0.3) is 0 Å². The predicted octanol–water partition coefficient (Wildman–Crippen LogP) is 6.24. The zero-order valence-electron chi connectivity index (χ0n) is 17.0. The van der Waals surface area contributed by atoms with E-state index in [1.54, 1.807) is 54.6 Å². The number of alkyl halides is 3. The number of amidine groups is 1. The van der Waals surface area contributed by atoms with Crippen molar-refractivity contribution in [2.45, 2.75) is 24.7 Å². The molecule has 0 N–H and O–H groups in total. The molecule has 3 aromatic carbocycles. The molecule has 3 aromatic rings. The van der Waals surface area contributed by atoms with E-state index in [-0.39, 0.29) is 17.3 Å². The van der Waals surface area contributed by atoms with E-state index in [0.29, 0.717) is 11.1 Å². The number of hydrogen-bond acceptors (Lipinski definition) is 4. The Morgan fingerprint density at radius 2 is 1.58 bits per heavy atom. The van der Waals surface area contributed by atoms with Crippen LogP contribution < -0.4 is 0 Å². The maximum absolute atomic E-state index is 13.6. The number of hydroxylamine groups is 2. The highest BCUT2D eigenvalue weighted by Gasteiger charge is 2.47. The van der Waals surface area contributed by atoms with Crippen molar-refractivity contribution in [2.75, 3.05) is 0 Å². The van der Waals surface area contributed by atoms with Crippen molar-refractivity contribution in [1.29, 1.82) is 0 Å². The quantitative estimate of drug-likeness (QED) is 0.409. The third kappa shape index (κ3) is 5.01. The third-order valence-corrected chi connectivity index (χ3v) is 5.43. The molecule has 2 unspecified atom stereocenters. The van der Waals surface area contributed by atoms with Crippen LogP contribution in [0.5, 0.6) is 0 Å². The number of hydrogen-bond donors (Lipinski definition) is 0. The summed E-state index contributed by atoms with van der Waals surface area (Å²) in [6, 6.07) is 20.1. The third-order valence-electron chi connectivity index (χ3n) is 5.14. The minimum atomic E-state index is -5.20. The van der Waals surface area contributed by atoms with Crippen LogP contribution in [0.15, 0.2) is 83.9 Å². The molecular formula is C24H17ClF4N2O2. The molecule has 1 aliphatic rings. The van der Waals surface area contributed by atoms with Crippen LogP contribution in [-0.2, 0) is 16.1 Å². The second kappa shape index (κ2) is 9.23. The lowest BCUT2D eigenvalue weighted by molar-refractivity contribution is -0.230. The van der Waals surface area contributed by atoms with Crippen molar-refractivity contribution in [3.63, 3.8) is 0 Å². The summed E-state index contributed by atoms with van der Waals surface area (Å²) in [6.07, 6.45) is -5.23. The summed E-state index contributed by atoms with van der Waals surface area (Å²) in [4.78, 5) is 21.3. The van der Waals surface area contributed by atoms with Gasteiger partial charge in [0.1, 0.15) is 23.7 Å². The number of carbonyl (C=O) groups excluding carboxylic acids is 1. The minimum absolute atomic E-state index is 0.0300. The molecule has 4 nitrogen and oxygen atoms in total. The Bertz CT molecular complexity index is 1170. The van der Waals surface area contributed by atoms with Gasteiger partial charge in [0, 0.05) is 6.42 Å². The fourth-order valence-electron chi connectivity index (χ4n) is 3.66. The predicted molar refractivity (Wildman–Crippen MR) is 115 cm³/mol. The number of aliphatic imine (C=N–C) groups is 1. The number of nitrogens with zero attached hydrogens (tertiary/aromatic N) is 2. The average molecular weight is 477 g/mol. The van der Waals surface area contributed by atoms with Gasteiger partial charge in [-0.25, -0.2) is 9.18 Å². The van der Waals surface area contributed by atoms with Crippen LogP contribution in [-0.4, -0.2) is 23.0 Å². The fraction of sp³-hybridized carbons (Fsp3) is 0.167. The molecule has 33 heavy (non-hydrogen) atoms. The first kappa shape index (κ1) is 22.8. The van der Waals surface area contributed by atoms with Crippen molar-refractivity contribution in [3.05, 3.63) is 106 Å². The summed E-state index contributed by atoms with van der Waals surface area (Å²) in [7, 11) is 0. The molecular weight excluding hydrogens is 460 g/mol. The van der Waals surface area contributed by atoms with Crippen LogP contribution in [0.4, 0.5) is 17.6 Å². The molecule has 1 heterocycles. The number of carbonyl (C=O) groups is 1. The van der Waals surface area contributed by atoms with Gasteiger partial charge in [0.15, 0.2) is 0 Å². The van der Waals surface area contributed by atoms with Crippen LogP contribution in [0.25, 0.3) is 0 Å². The summed E-state index contributed by atoms with van der Waals surface area (Å²) in [6.45, 7) is 0. The van der Waals surface area contributed by atoms with Crippen LogP contribution in [0.2, 0.25) is 5.02 Å². The molecule has 0 fully saturated rings. The topological polar surface area (TPSA) is 41.9 Å². The van der Waals surface area contributed by atoms with Gasteiger partial charge in [-0.05, 0) is 28.8 Å². The Labute approximate surface area is 192 Å². The maximum Gasteiger partial charge on any atom is 0.493 e. The van der Waals surface area contributed by atoms with E-state index in [9.17, 15) is 22.4 Å². The molecule has 4 rings (SSSR count). The van der Waals surface area contributed by atoms with Crippen molar-refractivity contribution in [1.82, 2.24) is 5.06 Å². The Morgan fingerprint density at radius 3 is 2.15 bits per heavy atom. The standard InChI is InChI=1S/C24H17ClF4N2O2/c25-18-13-15(11-12-19(18)26)14-20-30-21(16-7-3-1-4-8-16)22(17-9-5-2-6-10-17)31(20)33-23(32)24(27,28)29/h1-13,21-22H,14H2. The number of benzene rings is 3. The Hall–Kier alpha value is -3.39. The minimum Gasteiger partial charge on any atom is -0.330 e. The molecule has 0 radical (unpaired) electrons. The van der Waals surface area contributed by atoms with Crippen LogP contribution in [0.3, 0.4) is 0 Å². The lowest BCUT2D eigenvalue weighted by Crippen LogP contribution is -2.39. The summed E-state index contributed by atoms with van der Waals surface area (Å²) < 4.78 is 52.9. The van der Waals surface area contributed by atoms with Crippen molar-refractivity contribution in [2.24, 2.45) is 4.99 Å². The molecule has 0 aliphatic carbocycles. The van der Waals surface area contributed by atoms with E-state index in [0.717, 1.165) is 16.7 Å². The first-order valence-corrected chi connectivity index (χ1v) is 10.3. The smallest absolute Gasteiger partial charge is 0.330 e. The van der Waals surface area contributed by atoms with E-state index in [4.69, 9.17) is 16.4 Å². The molecule has 0 amide bonds. The molecule has 0 saturated heterocycles. The van der Waals surface area contributed by atoms with Gasteiger partial charge in [-0.15, -0.1) is 0 Å². The van der Waals surface area contributed by atoms with Crippen LogP contribution in [0.1, 0.15) is 28.8 Å². The number of halogens is 5. The summed E-state index contributed by atoms with van der Waals surface area (Å²) in [5.41, 5.74) is 1.83. The Balaban J connectivity index is 1.79. The molecule has 170 valence electrons. The van der Waals surface area contributed by atoms with Crippen LogP contribution >= 0.6 is 11.6 Å². The highest BCUT2D eigenvalue weighted by Crippen LogP contribution is 2.43. The van der Waals surface area contributed by atoms with Gasteiger partial charge >= 0.3 is 12.1 Å². The van der Waals surface area contributed by atoms with Gasteiger partial charge in [-0.2, -0.15) is 18.2 Å². The van der Waals surface area contributed by atoms with Crippen molar-refractivity contribution in [3.8, 4) is 0 Å². The van der Waals surface area contributed by atoms with E-state index in [1.807, 2.05) is 6.07 Å². The van der Waals surface area contributed by atoms with E-state index >= 15 is 0 Å². The average Bonchev–Trinajstić information content (AvgIpc) is 3.14. The van der Waals surface area contributed by atoms with E-state index in [2.05, 4.69) is 4.99 Å². The largest absolute Gasteiger partial charge is 0.493 e. The van der Waals surface area contributed by atoms with Gasteiger partial charge in [-0.3, -0.25) is 4.99 Å². The Morgan fingerprint density at radius 1 is 0.970 bits per heavy atom. The Kier molecular flexibility index (Phi) is 6.37. The lowest BCUT2D eigenvalue weighted by Gasteiger charge is -2.29. The molecule has 1 aliphatic heterocycles.